The van der Waals surface area contributed by atoms with Gasteiger partial charge in [0.25, 0.3) is 5.78 Å². The topological polar surface area (TPSA) is 80.4 Å². The third kappa shape index (κ3) is 1.59. The number of aromatic nitrogens is 1. The van der Waals surface area contributed by atoms with Gasteiger partial charge in [-0.25, -0.2) is 4.98 Å². The highest BCUT2D eigenvalue weighted by atomic mass is 16.4. The third-order valence-electron chi connectivity index (χ3n) is 3.20. The lowest BCUT2D eigenvalue weighted by atomic mass is 9.90. The average molecular weight is 271 g/mol. The molecular weight excluding hydrogens is 258 g/mol. The van der Waals surface area contributed by atoms with Crippen molar-refractivity contribution in [2.24, 2.45) is 0 Å². The minimum atomic E-state index is -0.751. The molecule has 0 bridgehead atoms. The first kappa shape index (κ1) is 12.6. The SMILES string of the molecule is CC(C)(C)c1nc2c(o1)-c1cccc(O)c1C(=O)C2=O. The number of rotatable bonds is 0. The van der Waals surface area contributed by atoms with E-state index < -0.39 is 11.6 Å². The number of aromatic hydroxyl groups is 1. The number of nitrogens with zero attached hydrogens (tertiary/aromatic N) is 1. The number of hydrogen-bond acceptors (Lipinski definition) is 5. The molecule has 102 valence electrons. The molecule has 1 aliphatic carbocycles. The van der Waals surface area contributed by atoms with E-state index in [1.165, 1.54) is 6.07 Å². The van der Waals surface area contributed by atoms with Crippen LogP contribution in [0.25, 0.3) is 11.3 Å². The zero-order chi connectivity index (χ0) is 14.7. The quantitative estimate of drug-likeness (QED) is 0.745. The van der Waals surface area contributed by atoms with Crippen molar-refractivity contribution in [3.63, 3.8) is 0 Å². The summed E-state index contributed by atoms with van der Waals surface area (Å²) in [5.41, 5.74) is 0.0460. The molecule has 3 rings (SSSR count). The molecule has 5 heteroatoms. The van der Waals surface area contributed by atoms with Crippen LogP contribution < -0.4 is 0 Å². The van der Waals surface area contributed by atoms with Gasteiger partial charge in [0.1, 0.15) is 5.75 Å². The molecule has 0 aliphatic heterocycles. The predicted molar refractivity (Wildman–Crippen MR) is 71.0 cm³/mol. The van der Waals surface area contributed by atoms with E-state index in [1.54, 1.807) is 12.1 Å². The van der Waals surface area contributed by atoms with Crippen LogP contribution in [0.15, 0.2) is 22.6 Å². The van der Waals surface area contributed by atoms with Crippen LogP contribution in [0.4, 0.5) is 0 Å². The predicted octanol–water partition coefficient (Wildman–Crippen LogP) is 2.72. The normalized spacial score (nSPS) is 14.2. The van der Waals surface area contributed by atoms with E-state index in [0.29, 0.717) is 11.5 Å². The second-order valence-corrected chi connectivity index (χ2v) is 5.80. The van der Waals surface area contributed by atoms with E-state index in [-0.39, 0.29) is 28.2 Å². The Morgan fingerprint density at radius 1 is 1.15 bits per heavy atom. The van der Waals surface area contributed by atoms with Gasteiger partial charge in [0.05, 0.1) is 5.56 Å². The molecule has 5 nitrogen and oxygen atoms in total. The molecule has 0 unspecified atom stereocenters. The number of benzene rings is 1. The maximum atomic E-state index is 12.1. The minimum Gasteiger partial charge on any atom is -0.507 e. The standard InChI is InChI=1S/C15H13NO4/c1-15(2,3)14-16-10-12(19)11(18)9-7(13(10)20-14)5-4-6-8(9)17/h4-6,17H,1-3H3. The minimum absolute atomic E-state index is 0.0124. The van der Waals surface area contributed by atoms with Crippen molar-refractivity contribution in [2.75, 3.05) is 0 Å². The number of carbonyl (C=O) groups excluding carboxylic acids is 2. The summed E-state index contributed by atoms with van der Waals surface area (Å²) in [6, 6.07) is 4.60. The highest BCUT2D eigenvalue weighted by Gasteiger charge is 2.38. The summed E-state index contributed by atoms with van der Waals surface area (Å²) < 4.78 is 5.68. The van der Waals surface area contributed by atoms with Crippen LogP contribution in [0, 0.1) is 0 Å². The third-order valence-corrected chi connectivity index (χ3v) is 3.20. The van der Waals surface area contributed by atoms with Crippen LogP contribution >= 0.6 is 0 Å². The lowest BCUT2D eigenvalue weighted by Crippen LogP contribution is -2.21. The van der Waals surface area contributed by atoms with Crippen molar-refractivity contribution >= 4 is 11.6 Å². The Labute approximate surface area is 115 Å². The second-order valence-electron chi connectivity index (χ2n) is 5.80. The Balaban J connectivity index is 2.34. The molecule has 1 aliphatic rings. The molecule has 0 spiro atoms. The summed E-state index contributed by atoms with van der Waals surface area (Å²) >= 11 is 0. The van der Waals surface area contributed by atoms with Crippen molar-refractivity contribution in [1.29, 1.82) is 0 Å². The number of Topliss-reactive ketones (excluding diaryl/α,β-unsaturated/α-hetero) is 2. The Hall–Kier alpha value is -2.43. The lowest BCUT2D eigenvalue weighted by Gasteiger charge is -2.13. The van der Waals surface area contributed by atoms with E-state index >= 15 is 0 Å². The number of carbonyl (C=O) groups is 2. The molecule has 2 aromatic rings. The van der Waals surface area contributed by atoms with Gasteiger partial charge in [0.15, 0.2) is 11.5 Å². The van der Waals surface area contributed by atoms with Gasteiger partial charge in [0, 0.05) is 11.0 Å². The van der Waals surface area contributed by atoms with Gasteiger partial charge < -0.3 is 9.52 Å². The van der Waals surface area contributed by atoms with E-state index in [1.807, 2.05) is 20.8 Å². The number of ketones is 2. The smallest absolute Gasteiger partial charge is 0.255 e. The van der Waals surface area contributed by atoms with Crippen LogP contribution in [0.1, 0.15) is 47.5 Å². The Bertz CT molecular complexity index is 750. The molecule has 0 saturated carbocycles. The highest BCUT2D eigenvalue weighted by molar-refractivity contribution is 6.52. The number of hydrogen-bond donors (Lipinski definition) is 1. The van der Waals surface area contributed by atoms with Crippen LogP contribution in [0.3, 0.4) is 0 Å². The fraction of sp³-hybridized carbons (Fsp3) is 0.267. The number of phenolic OH excluding ortho intramolecular Hbond substituents is 1. The summed E-state index contributed by atoms with van der Waals surface area (Å²) in [5, 5.41) is 9.80. The Morgan fingerprint density at radius 2 is 1.85 bits per heavy atom. The van der Waals surface area contributed by atoms with E-state index in [2.05, 4.69) is 4.98 Å². The molecule has 0 saturated heterocycles. The molecule has 0 fully saturated rings. The van der Waals surface area contributed by atoms with Crippen LogP contribution in [0.2, 0.25) is 0 Å². The molecule has 1 aromatic heterocycles. The fourth-order valence-electron chi connectivity index (χ4n) is 2.17. The summed E-state index contributed by atoms with van der Waals surface area (Å²) in [4.78, 5) is 28.3. The van der Waals surface area contributed by atoms with Crippen molar-refractivity contribution < 1.29 is 19.1 Å². The second kappa shape index (κ2) is 3.79. The fourth-order valence-corrected chi connectivity index (χ4v) is 2.17. The summed E-state index contributed by atoms with van der Waals surface area (Å²) in [6.07, 6.45) is 0. The Morgan fingerprint density at radius 3 is 2.50 bits per heavy atom. The zero-order valence-electron chi connectivity index (χ0n) is 11.4. The van der Waals surface area contributed by atoms with E-state index in [4.69, 9.17) is 4.42 Å². The van der Waals surface area contributed by atoms with Crippen molar-refractivity contribution in [3.05, 3.63) is 35.3 Å². The molecule has 0 atom stereocenters. The largest absolute Gasteiger partial charge is 0.507 e. The molecule has 1 heterocycles. The number of phenols is 1. The maximum Gasteiger partial charge on any atom is 0.255 e. The highest BCUT2D eigenvalue weighted by Crippen LogP contribution is 2.39. The van der Waals surface area contributed by atoms with Gasteiger partial charge in [0.2, 0.25) is 11.7 Å². The molecule has 0 amide bonds. The zero-order valence-corrected chi connectivity index (χ0v) is 11.4. The van der Waals surface area contributed by atoms with E-state index in [0.717, 1.165) is 0 Å². The molecule has 0 radical (unpaired) electrons. The van der Waals surface area contributed by atoms with Gasteiger partial charge in [-0.05, 0) is 6.07 Å². The van der Waals surface area contributed by atoms with Crippen LogP contribution in [-0.2, 0) is 5.41 Å². The van der Waals surface area contributed by atoms with E-state index in [9.17, 15) is 14.7 Å². The average Bonchev–Trinajstić information content (AvgIpc) is 2.81. The number of fused-ring (bicyclic) bond motifs is 3. The van der Waals surface area contributed by atoms with Gasteiger partial charge >= 0.3 is 0 Å². The van der Waals surface area contributed by atoms with Gasteiger partial charge in [-0.3, -0.25) is 9.59 Å². The first-order valence-electron chi connectivity index (χ1n) is 6.23. The van der Waals surface area contributed by atoms with Crippen molar-refractivity contribution in [1.82, 2.24) is 4.98 Å². The van der Waals surface area contributed by atoms with Gasteiger partial charge in [-0.2, -0.15) is 0 Å². The van der Waals surface area contributed by atoms with Gasteiger partial charge in [-0.1, -0.05) is 32.9 Å². The van der Waals surface area contributed by atoms with Gasteiger partial charge in [-0.15, -0.1) is 0 Å². The molecule has 1 aromatic carbocycles. The first-order chi connectivity index (χ1) is 9.30. The van der Waals surface area contributed by atoms with Crippen molar-refractivity contribution in [3.8, 4) is 17.1 Å². The maximum absolute atomic E-state index is 12.1. The Kier molecular flexibility index (Phi) is 2.38. The monoisotopic (exact) mass is 271 g/mol. The molecular formula is C15H13NO4. The lowest BCUT2D eigenvalue weighted by molar-refractivity contribution is 0.0810. The number of oxazole rings is 1. The summed E-state index contributed by atoms with van der Waals surface area (Å²) in [7, 11) is 0. The summed E-state index contributed by atoms with van der Waals surface area (Å²) in [6.45, 7) is 5.71. The first-order valence-corrected chi connectivity index (χ1v) is 6.23. The summed E-state index contributed by atoms with van der Waals surface area (Å²) in [5.74, 6) is -1.07. The van der Waals surface area contributed by atoms with Crippen LogP contribution in [0.5, 0.6) is 5.75 Å². The molecule has 1 N–H and O–H groups in total. The van der Waals surface area contributed by atoms with Crippen molar-refractivity contribution in [2.45, 2.75) is 26.2 Å². The van der Waals surface area contributed by atoms with Crippen LogP contribution in [-0.4, -0.2) is 21.7 Å². The molecule has 20 heavy (non-hydrogen) atoms.